The zero-order valence-corrected chi connectivity index (χ0v) is 16.7. The lowest BCUT2D eigenvalue weighted by atomic mass is 9.88. The number of carbonyl (C=O) groups excluding carboxylic acids is 2. The Morgan fingerprint density at radius 3 is 1.66 bits per heavy atom. The van der Waals surface area contributed by atoms with Gasteiger partial charge in [-0.25, -0.2) is 14.0 Å². The first kappa shape index (κ1) is 27.4. The van der Waals surface area contributed by atoms with E-state index in [0.29, 0.717) is 0 Å². The molecule has 0 N–H and O–H groups in total. The minimum Gasteiger partial charge on any atom is -0.485 e. The summed E-state index contributed by atoms with van der Waals surface area (Å²) in [5, 5.41) is 0. The molecule has 0 aliphatic heterocycles. The quantitative estimate of drug-likeness (QED) is 0.203. The molecule has 14 heteroatoms. The lowest BCUT2D eigenvalue weighted by Crippen LogP contribution is -2.70. The van der Waals surface area contributed by atoms with Gasteiger partial charge >= 0.3 is 35.6 Å². The molecule has 0 radical (unpaired) electrons. The first-order valence-electron chi connectivity index (χ1n) is 8.60. The number of rotatable bonds is 10. The molecule has 1 unspecified atom stereocenters. The number of hydrogen-bond acceptors (Lipinski definition) is 6. The molecule has 1 rings (SSSR count). The molecule has 0 bridgehead atoms. The van der Waals surface area contributed by atoms with E-state index < -0.39 is 73.6 Å². The van der Waals surface area contributed by atoms with Crippen LogP contribution in [0.15, 0.2) is 35.9 Å². The summed E-state index contributed by atoms with van der Waals surface area (Å²) in [5.74, 6) is -32.5. The van der Waals surface area contributed by atoms with Crippen molar-refractivity contribution in [1.29, 1.82) is 0 Å². The molecule has 0 fully saturated rings. The van der Waals surface area contributed by atoms with Crippen LogP contribution < -0.4 is 0 Å². The molecule has 0 aromatic carbocycles. The van der Waals surface area contributed by atoms with Gasteiger partial charge in [0.25, 0.3) is 0 Å². The molecular weight excluding hydrogens is 464 g/mol. The molecule has 182 valence electrons. The first-order chi connectivity index (χ1) is 14.4. The highest BCUT2D eigenvalue weighted by atomic mass is 19.3. The van der Waals surface area contributed by atoms with Gasteiger partial charge in [0, 0.05) is 11.1 Å². The third kappa shape index (κ3) is 4.74. The van der Waals surface area contributed by atoms with E-state index in [2.05, 4.69) is 32.1 Å². The summed E-state index contributed by atoms with van der Waals surface area (Å²) < 4.78 is 130. The molecule has 0 spiro atoms. The van der Waals surface area contributed by atoms with E-state index >= 15 is 0 Å². The van der Waals surface area contributed by atoms with Crippen LogP contribution in [0.25, 0.3) is 0 Å². The maximum atomic E-state index is 14.5. The van der Waals surface area contributed by atoms with Crippen molar-refractivity contribution < 1.29 is 63.7 Å². The minimum absolute atomic E-state index is 0.148. The van der Waals surface area contributed by atoms with Crippen molar-refractivity contribution in [3.05, 3.63) is 35.9 Å². The van der Waals surface area contributed by atoms with E-state index in [1.54, 1.807) is 0 Å². The van der Waals surface area contributed by atoms with E-state index in [1.807, 2.05) is 0 Å². The van der Waals surface area contributed by atoms with Crippen LogP contribution in [-0.4, -0.2) is 62.0 Å². The predicted molar refractivity (Wildman–Crippen MR) is 90.3 cm³/mol. The van der Waals surface area contributed by atoms with Crippen molar-refractivity contribution >= 4 is 11.9 Å². The number of alkyl halides is 7. The molecule has 1 atom stereocenters. The third-order valence-electron chi connectivity index (χ3n) is 3.84. The zero-order chi connectivity index (χ0) is 25.1. The summed E-state index contributed by atoms with van der Waals surface area (Å²) in [4.78, 5) is 22.3. The largest absolute Gasteiger partial charge is 0.485 e. The van der Waals surface area contributed by atoms with E-state index in [1.165, 1.54) is 6.92 Å². The number of hydrogen-bond donors (Lipinski definition) is 0. The number of carbonyl (C=O) groups is 2. The van der Waals surface area contributed by atoms with Crippen LogP contribution in [0.2, 0.25) is 0 Å². The number of esters is 2. The highest BCUT2D eigenvalue weighted by Crippen LogP contribution is 2.61. The Morgan fingerprint density at radius 1 is 0.781 bits per heavy atom. The van der Waals surface area contributed by atoms with Crippen LogP contribution >= 0.6 is 0 Å². The summed E-state index contributed by atoms with van der Waals surface area (Å²) in [6, 6.07) is 0. The van der Waals surface area contributed by atoms with Crippen LogP contribution in [0, 0.1) is 0 Å². The molecule has 0 aromatic rings. The first-order valence-corrected chi connectivity index (χ1v) is 8.60. The average molecular weight is 482 g/mol. The number of allylic oxidation sites excluding steroid dienone is 1. The van der Waals surface area contributed by atoms with Crippen molar-refractivity contribution in [2.45, 2.75) is 37.5 Å². The van der Waals surface area contributed by atoms with Crippen LogP contribution in [-0.2, 0) is 28.5 Å². The molecular formula is C18H18F8O6. The van der Waals surface area contributed by atoms with Gasteiger partial charge in [0.15, 0.2) is 0 Å². The highest BCUT2D eigenvalue weighted by Gasteiger charge is 2.87. The monoisotopic (exact) mass is 482 g/mol. The summed E-state index contributed by atoms with van der Waals surface area (Å²) in [6.07, 6.45) is 0. The van der Waals surface area contributed by atoms with Gasteiger partial charge in [-0.15, -0.1) is 0 Å². The van der Waals surface area contributed by atoms with E-state index in [4.69, 9.17) is 0 Å². The van der Waals surface area contributed by atoms with Gasteiger partial charge in [0.1, 0.15) is 19.8 Å². The Balaban J connectivity index is 3.10. The Kier molecular flexibility index (Phi) is 8.10. The van der Waals surface area contributed by atoms with Gasteiger partial charge in [-0.05, 0) is 13.8 Å². The molecule has 0 saturated heterocycles. The third-order valence-corrected chi connectivity index (χ3v) is 3.84. The number of halogens is 8. The molecule has 0 aromatic heterocycles. The smallest absolute Gasteiger partial charge is 0.381 e. The SMILES string of the molecule is C=C(C)C(=O)OCCOC1=C(F)C(F)(F)C(F)(OCCOC(=O)C(=C)C)C(F)(F)C1(F)F. The lowest BCUT2D eigenvalue weighted by molar-refractivity contribution is -0.409. The minimum atomic E-state index is -6.35. The average Bonchev–Trinajstić information content (AvgIpc) is 2.68. The van der Waals surface area contributed by atoms with Gasteiger partial charge in [-0.1, -0.05) is 13.2 Å². The van der Waals surface area contributed by atoms with Crippen LogP contribution in [0.4, 0.5) is 35.1 Å². The Morgan fingerprint density at radius 2 is 1.22 bits per heavy atom. The van der Waals surface area contributed by atoms with Gasteiger partial charge in [0.2, 0.25) is 11.6 Å². The van der Waals surface area contributed by atoms with Crippen LogP contribution in [0.5, 0.6) is 0 Å². The van der Waals surface area contributed by atoms with Crippen molar-refractivity contribution in [3.8, 4) is 0 Å². The maximum Gasteiger partial charge on any atom is 0.381 e. The molecule has 32 heavy (non-hydrogen) atoms. The topological polar surface area (TPSA) is 71.1 Å². The maximum absolute atomic E-state index is 14.5. The van der Waals surface area contributed by atoms with Crippen molar-refractivity contribution in [2.75, 3.05) is 26.4 Å². The van der Waals surface area contributed by atoms with Gasteiger partial charge < -0.3 is 18.9 Å². The summed E-state index contributed by atoms with van der Waals surface area (Å²) >= 11 is 0. The predicted octanol–water partition coefficient (Wildman–Crippen LogP) is 4.02. The number of ether oxygens (including phenoxy) is 4. The Labute approximate surface area is 176 Å². The summed E-state index contributed by atoms with van der Waals surface area (Å²) in [7, 11) is 0. The van der Waals surface area contributed by atoms with Gasteiger partial charge in [-0.2, -0.15) is 30.7 Å². The standard InChI is InChI=1S/C18H18F8O6/c1-9(2)13(27)30-6-5-29-12-11(19)15(20,21)18(26,17(24,25)16(12,22)23)32-8-7-31-14(28)10(3)4/h1,3,5-8H2,2,4H3. The van der Waals surface area contributed by atoms with Crippen molar-refractivity contribution in [2.24, 2.45) is 0 Å². The molecule has 0 saturated carbocycles. The Hall–Kier alpha value is -2.64. The zero-order valence-electron chi connectivity index (χ0n) is 16.7. The van der Waals surface area contributed by atoms with E-state index in [0.717, 1.165) is 6.92 Å². The highest BCUT2D eigenvalue weighted by molar-refractivity contribution is 5.87. The normalized spacial score (nSPS) is 23.3. The van der Waals surface area contributed by atoms with Crippen LogP contribution in [0.3, 0.4) is 0 Å². The lowest BCUT2D eigenvalue weighted by Gasteiger charge is -2.44. The van der Waals surface area contributed by atoms with E-state index in [-0.39, 0.29) is 11.1 Å². The molecule has 0 heterocycles. The van der Waals surface area contributed by atoms with Crippen LogP contribution in [0.1, 0.15) is 13.8 Å². The fraction of sp³-hybridized carbons (Fsp3) is 0.556. The fourth-order valence-electron chi connectivity index (χ4n) is 2.14. The summed E-state index contributed by atoms with van der Waals surface area (Å²) in [5.41, 5.74) is -0.353. The second kappa shape index (κ2) is 9.46. The molecule has 1 aliphatic carbocycles. The summed E-state index contributed by atoms with van der Waals surface area (Å²) in [6.45, 7) is 3.81. The fourth-order valence-corrected chi connectivity index (χ4v) is 2.14. The second-order valence-corrected chi connectivity index (χ2v) is 6.49. The molecule has 0 amide bonds. The Bertz CT molecular complexity index is 822. The van der Waals surface area contributed by atoms with Crippen molar-refractivity contribution in [3.63, 3.8) is 0 Å². The molecule has 1 aliphatic rings. The molecule has 6 nitrogen and oxygen atoms in total. The second-order valence-electron chi connectivity index (χ2n) is 6.49. The van der Waals surface area contributed by atoms with Crippen molar-refractivity contribution in [1.82, 2.24) is 0 Å². The van der Waals surface area contributed by atoms with Gasteiger partial charge in [0.05, 0.1) is 6.61 Å². The van der Waals surface area contributed by atoms with E-state index in [9.17, 15) is 44.7 Å². The van der Waals surface area contributed by atoms with Gasteiger partial charge in [-0.3, -0.25) is 0 Å².